The van der Waals surface area contributed by atoms with Gasteiger partial charge >= 0.3 is 0 Å². The molecular formula is C15H18N2O3S. The van der Waals surface area contributed by atoms with E-state index in [2.05, 4.69) is 0 Å². The van der Waals surface area contributed by atoms with Crippen LogP contribution in [-0.2, 0) is 21.2 Å². The molecule has 0 aromatic heterocycles. The van der Waals surface area contributed by atoms with Crippen LogP contribution in [0.3, 0.4) is 0 Å². The molecular weight excluding hydrogens is 288 g/mol. The van der Waals surface area contributed by atoms with Crippen LogP contribution < -0.4 is 5.73 Å². The van der Waals surface area contributed by atoms with E-state index in [-0.39, 0.29) is 0 Å². The molecule has 1 heterocycles. The van der Waals surface area contributed by atoms with E-state index in [0.717, 1.165) is 11.1 Å². The van der Waals surface area contributed by atoms with E-state index in [1.165, 1.54) is 4.31 Å². The number of carbonyl (C=O) groups is 1. The fourth-order valence-corrected chi connectivity index (χ4v) is 4.92. The van der Waals surface area contributed by atoms with Crippen molar-refractivity contribution in [1.29, 1.82) is 0 Å². The van der Waals surface area contributed by atoms with Crippen molar-refractivity contribution in [2.75, 3.05) is 6.54 Å². The van der Waals surface area contributed by atoms with Gasteiger partial charge in [-0.2, -0.15) is 4.31 Å². The first kappa shape index (κ1) is 14.3. The van der Waals surface area contributed by atoms with Gasteiger partial charge in [0.25, 0.3) is 0 Å². The monoisotopic (exact) mass is 306 g/mol. The summed E-state index contributed by atoms with van der Waals surface area (Å²) in [6, 6.07) is 7.08. The SMILES string of the molecule is NC(=O)C1CCCN1S(=O)(=O)C1=Cc2ccccc2CC1. The third-order valence-electron chi connectivity index (χ3n) is 4.18. The van der Waals surface area contributed by atoms with Crippen molar-refractivity contribution >= 4 is 22.0 Å². The molecule has 1 aromatic carbocycles. The van der Waals surface area contributed by atoms with Gasteiger partial charge in [-0.15, -0.1) is 0 Å². The van der Waals surface area contributed by atoms with Crippen LogP contribution in [-0.4, -0.2) is 31.2 Å². The van der Waals surface area contributed by atoms with Gasteiger partial charge in [0.2, 0.25) is 15.9 Å². The van der Waals surface area contributed by atoms with Crippen LogP contribution in [0.25, 0.3) is 6.08 Å². The molecule has 0 spiro atoms. The number of benzene rings is 1. The molecule has 21 heavy (non-hydrogen) atoms. The van der Waals surface area contributed by atoms with Crippen molar-refractivity contribution < 1.29 is 13.2 Å². The molecule has 5 nitrogen and oxygen atoms in total. The molecule has 2 aliphatic rings. The van der Waals surface area contributed by atoms with Crippen LogP contribution in [0.15, 0.2) is 29.2 Å². The summed E-state index contributed by atoms with van der Waals surface area (Å²) in [7, 11) is -3.61. The summed E-state index contributed by atoms with van der Waals surface area (Å²) < 4.78 is 26.8. The van der Waals surface area contributed by atoms with Gasteiger partial charge in [0.15, 0.2) is 0 Å². The van der Waals surface area contributed by atoms with Crippen molar-refractivity contribution in [1.82, 2.24) is 4.31 Å². The Morgan fingerprint density at radius 3 is 2.76 bits per heavy atom. The number of nitrogens with two attached hydrogens (primary N) is 1. The lowest BCUT2D eigenvalue weighted by Crippen LogP contribution is -2.44. The number of primary amides is 1. The summed E-state index contributed by atoms with van der Waals surface area (Å²) in [6.07, 6.45) is 4.09. The maximum absolute atomic E-state index is 12.8. The van der Waals surface area contributed by atoms with Crippen LogP contribution >= 0.6 is 0 Å². The quantitative estimate of drug-likeness (QED) is 0.912. The average Bonchev–Trinajstić information content (AvgIpc) is 2.97. The van der Waals surface area contributed by atoms with Gasteiger partial charge in [-0.3, -0.25) is 4.79 Å². The first-order valence-electron chi connectivity index (χ1n) is 7.10. The zero-order chi connectivity index (χ0) is 15.0. The minimum absolute atomic E-state index is 0.370. The molecule has 2 N–H and O–H groups in total. The van der Waals surface area contributed by atoms with Crippen LogP contribution in [0, 0.1) is 0 Å². The molecule has 1 atom stereocenters. The topological polar surface area (TPSA) is 80.5 Å². The van der Waals surface area contributed by atoms with E-state index in [1.807, 2.05) is 24.3 Å². The summed E-state index contributed by atoms with van der Waals surface area (Å²) in [5.41, 5.74) is 7.42. The van der Waals surface area contributed by atoms with Crippen molar-refractivity contribution in [3.8, 4) is 0 Å². The van der Waals surface area contributed by atoms with Crippen LogP contribution in [0.1, 0.15) is 30.4 Å². The van der Waals surface area contributed by atoms with E-state index in [0.29, 0.717) is 37.1 Å². The molecule has 1 amide bonds. The first-order chi connectivity index (χ1) is 10.00. The molecule has 112 valence electrons. The number of rotatable bonds is 3. The van der Waals surface area contributed by atoms with E-state index in [4.69, 9.17) is 5.73 Å². The van der Waals surface area contributed by atoms with Crippen LogP contribution in [0.5, 0.6) is 0 Å². The molecule has 0 radical (unpaired) electrons. The smallest absolute Gasteiger partial charge is 0.239 e. The second-order valence-corrected chi connectivity index (χ2v) is 7.43. The minimum Gasteiger partial charge on any atom is -0.368 e. The highest BCUT2D eigenvalue weighted by atomic mass is 32.2. The predicted molar refractivity (Wildman–Crippen MR) is 80.6 cm³/mol. The predicted octanol–water partition coefficient (Wildman–Crippen LogP) is 1.25. The number of aryl methyl sites for hydroxylation is 1. The van der Waals surface area contributed by atoms with Gasteiger partial charge in [-0.1, -0.05) is 24.3 Å². The largest absolute Gasteiger partial charge is 0.368 e. The number of hydrogen-bond donors (Lipinski definition) is 1. The Morgan fingerprint density at radius 1 is 1.24 bits per heavy atom. The van der Waals surface area contributed by atoms with Gasteiger partial charge < -0.3 is 5.73 Å². The molecule has 1 unspecified atom stereocenters. The number of sulfonamides is 1. The van der Waals surface area contributed by atoms with Crippen molar-refractivity contribution in [3.63, 3.8) is 0 Å². The van der Waals surface area contributed by atoms with Gasteiger partial charge in [0.1, 0.15) is 6.04 Å². The van der Waals surface area contributed by atoms with E-state index < -0.39 is 22.0 Å². The average molecular weight is 306 g/mol. The standard InChI is InChI=1S/C15H18N2O3S/c16-15(18)14-6-3-9-17(14)21(19,20)13-8-7-11-4-1-2-5-12(11)10-13/h1-2,4-5,10,14H,3,6-9H2,(H2,16,18). The summed E-state index contributed by atoms with van der Waals surface area (Å²) in [5, 5.41) is 0. The Hall–Kier alpha value is -1.66. The zero-order valence-electron chi connectivity index (χ0n) is 11.7. The highest BCUT2D eigenvalue weighted by Crippen LogP contribution is 2.32. The molecule has 3 rings (SSSR count). The molecule has 0 bridgehead atoms. The molecule has 1 aliphatic carbocycles. The lowest BCUT2D eigenvalue weighted by Gasteiger charge is -2.25. The minimum atomic E-state index is -3.61. The molecule has 0 saturated carbocycles. The summed E-state index contributed by atoms with van der Waals surface area (Å²) in [4.78, 5) is 11.8. The maximum Gasteiger partial charge on any atom is 0.239 e. The van der Waals surface area contributed by atoms with Crippen molar-refractivity contribution in [3.05, 3.63) is 40.3 Å². The number of nitrogens with zero attached hydrogens (tertiary/aromatic N) is 1. The second kappa shape index (κ2) is 5.27. The number of hydrogen-bond acceptors (Lipinski definition) is 3. The second-order valence-electron chi connectivity index (χ2n) is 5.49. The Balaban J connectivity index is 1.97. The third kappa shape index (κ3) is 2.49. The first-order valence-corrected chi connectivity index (χ1v) is 8.54. The molecule has 1 fully saturated rings. The maximum atomic E-state index is 12.8. The highest BCUT2D eigenvalue weighted by Gasteiger charge is 2.39. The highest BCUT2D eigenvalue weighted by molar-refractivity contribution is 7.93. The number of carbonyl (C=O) groups excluding carboxylic acids is 1. The van der Waals surface area contributed by atoms with Crippen molar-refractivity contribution in [2.45, 2.75) is 31.7 Å². The van der Waals surface area contributed by atoms with E-state index in [1.54, 1.807) is 6.08 Å². The van der Waals surface area contributed by atoms with Gasteiger partial charge in [0, 0.05) is 6.54 Å². The van der Waals surface area contributed by atoms with E-state index >= 15 is 0 Å². The van der Waals surface area contributed by atoms with Crippen LogP contribution in [0.2, 0.25) is 0 Å². The molecule has 6 heteroatoms. The molecule has 1 aromatic rings. The Morgan fingerprint density at radius 2 is 2.00 bits per heavy atom. The Bertz CT molecular complexity index is 709. The van der Waals surface area contributed by atoms with Gasteiger partial charge in [-0.05, 0) is 42.9 Å². The fourth-order valence-electron chi connectivity index (χ4n) is 3.07. The van der Waals surface area contributed by atoms with Gasteiger partial charge in [0.05, 0.1) is 4.91 Å². The van der Waals surface area contributed by atoms with Crippen molar-refractivity contribution in [2.24, 2.45) is 5.73 Å². The number of allylic oxidation sites excluding steroid dienone is 1. The molecule has 1 saturated heterocycles. The summed E-state index contributed by atoms with van der Waals surface area (Å²) in [5.74, 6) is -0.562. The fraction of sp³-hybridized carbons (Fsp3) is 0.400. The Kier molecular flexibility index (Phi) is 3.59. The number of fused-ring (bicyclic) bond motifs is 1. The summed E-state index contributed by atoms with van der Waals surface area (Å²) >= 11 is 0. The lowest BCUT2D eigenvalue weighted by molar-refractivity contribution is -0.121. The Labute approximate surface area is 124 Å². The van der Waals surface area contributed by atoms with Gasteiger partial charge in [-0.25, -0.2) is 8.42 Å². The lowest BCUT2D eigenvalue weighted by atomic mass is 9.98. The third-order valence-corrected chi connectivity index (χ3v) is 6.22. The summed E-state index contributed by atoms with van der Waals surface area (Å²) in [6.45, 7) is 0.370. The van der Waals surface area contributed by atoms with Crippen LogP contribution in [0.4, 0.5) is 0 Å². The van der Waals surface area contributed by atoms with E-state index in [9.17, 15) is 13.2 Å². The zero-order valence-corrected chi connectivity index (χ0v) is 12.5. The normalized spacial score (nSPS) is 22.7. The molecule has 1 aliphatic heterocycles. The number of amides is 1.